The fourth-order valence-electron chi connectivity index (χ4n) is 3.59. The van der Waals surface area contributed by atoms with Gasteiger partial charge < -0.3 is 18.8 Å². The highest BCUT2D eigenvalue weighted by Crippen LogP contribution is 2.30. The molecule has 0 radical (unpaired) electrons. The van der Waals surface area contributed by atoms with Crippen LogP contribution in [0.5, 0.6) is 11.5 Å². The van der Waals surface area contributed by atoms with Gasteiger partial charge >= 0.3 is 0 Å². The first-order valence-electron chi connectivity index (χ1n) is 9.69. The van der Waals surface area contributed by atoms with E-state index in [2.05, 4.69) is 10.2 Å². The van der Waals surface area contributed by atoms with Crippen LogP contribution in [-0.2, 0) is 0 Å². The minimum Gasteiger partial charge on any atom is -0.497 e. The number of halogens is 1. The maximum absolute atomic E-state index is 13.1. The number of carbonyl (C=O) groups excluding carboxylic acids is 1. The number of piperidine rings is 1. The van der Waals surface area contributed by atoms with E-state index in [4.69, 9.17) is 13.9 Å². The van der Waals surface area contributed by atoms with E-state index in [1.807, 2.05) is 0 Å². The van der Waals surface area contributed by atoms with E-state index in [9.17, 15) is 9.18 Å². The predicted octanol–water partition coefficient (Wildman–Crippen LogP) is 3.91. The first kappa shape index (κ1) is 19.9. The Morgan fingerprint density at radius 1 is 1.10 bits per heavy atom. The summed E-state index contributed by atoms with van der Waals surface area (Å²) in [6, 6.07) is 11.0. The molecule has 3 aromatic rings. The number of ether oxygens (including phenoxy) is 2. The maximum Gasteiger partial charge on any atom is 0.254 e. The lowest BCUT2D eigenvalue weighted by Crippen LogP contribution is -2.39. The smallest absolute Gasteiger partial charge is 0.254 e. The highest BCUT2D eigenvalue weighted by Gasteiger charge is 2.29. The van der Waals surface area contributed by atoms with Gasteiger partial charge in [-0.3, -0.25) is 4.79 Å². The first-order chi connectivity index (χ1) is 14.6. The Morgan fingerprint density at radius 2 is 1.80 bits per heavy atom. The second-order valence-electron chi connectivity index (χ2n) is 7.14. The third kappa shape index (κ3) is 4.12. The van der Waals surface area contributed by atoms with Crippen LogP contribution >= 0.6 is 0 Å². The van der Waals surface area contributed by atoms with Gasteiger partial charge in [0.25, 0.3) is 5.91 Å². The highest BCUT2D eigenvalue weighted by atomic mass is 19.1. The molecule has 1 unspecified atom stereocenters. The van der Waals surface area contributed by atoms with Crippen molar-refractivity contribution in [2.75, 3.05) is 27.3 Å². The van der Waals surface area contributed by atoms with E-state index >= 15 is 0 Å². The van der Waals surface area contributed by atoms with Gasteiger partial charge in [0.15, 0.2) is 0 Å². The normalized spacial score (nSPS) is 16.4. The van der Waals surface area contributed by atoms with Gasteiger partial charge in [0, 0.05) is 30.3 Å². The Hall–Kier alpha value is -3.42. The van der Waals surface area contributed by atoms with Crippen molar-refractivity contribution in [3.05, 3.63) is 59.7 Å². The van der Waals surface area contributed by atoms with Crippen LogP contribution < -0.4 is 9.47 Å². The molecule has 1 aromatic heterocycles. The lowest BCUT2D eigenvalue weighted by molar-refractivity contribution is 0.0697. The third-order valence-electron chi connectivity index (χ3n) is 5.19. The molecule has 0 aliphatic carbocycles. The summed E-state index contributed by atoms with van der Waals surface area (Å²) in [5.41, 5.74) is 1.16. The van der Waals surface area contributed by atoms with Gasteiger partial charge in [0.1, 0.15) is 17.3 Å². The SMILES string of the molecule is COc1cc(OC)cc(C(=O)N2CCCC(c3nnc(-c4ccc(F)cc4)o3)C2)c1. The van der Waals surface area contributed by atoms with Crippen LogP contribution in [0.15, 0.2) is 46.9 Å². The number of rotatable bonds is 5. The summed E-state index contributed by atoms with van der Waals surface area (Å²) in [6.07, 6.45) is 1.67. The molecule has 1 amide bonds. The molecule has 0 spiro atoms. The largest absolute Gasteiger partial charge is 0.497 e. The van der Waals surface area contributed by atoms with Crippen molar-refractivity contribution in [3.63, 3.8) is 0 Å². The molecule has 156 valence electrons. The number of amides is 1. The predicted molar refractivity (Wildman–Crippen MR) is 107 cm³/mol. The summed E-state index contributed by atoms with van der Waals surface area (Å²) in [6.45, 7) is 1.12. The molecule has 1 aliphatic heterocycles. The van der Waals surface area contributed by atoms with Crippen LogP contribution in [0.4, 0.5) is 4.39 Å². The van der Waals surface area contributed by atoms with Gasteiger partial charge in [-0.15, -0.1) is 10.2 Å². The van der Waals surface area contributed by atoms with E-state index in [0.29, 0.717) is 47.5 Å². The maximum atomic E-state index is 13.1. The van der Waals surface area contributed by atoms with Crippen LogP contribution in [0, 0.1) is 5.82 Å². The van der Waals surface area contributed by atoms with Gasteiger partial charge in [0.05, 0.1) is 20.1 Å². The molecule has 1 aliphatic rings. The monoisotopic (exact) mass is 411 g/mol. The summed E-state index contributed by atoms with van der Waals surface area (Å²) in [5, 5.41) is 8.26. The van der Waals surface area contributed by atoms with Gasteiger partial charge in [0.2, 0.25) is 11.8 Å². The molecular formula is C22H22FN3O4. The summed E-state index contributed by atoms with van der Waals surface area (Å²) >= 11 is 0. The average Bonchev–Trinajstić information content (AvgIpc) is 3.29. The zero-order chi connectivity index (χ0) is 21.1. The summed E-state index contributed by atoms with van der Waals surface area (Å²) in [5.74, 6) is 1.46. The van der Waals surface area contributed by atoms with Crippen LogP contribution in [0.2, 0.25) is 0 Å². The molecule has 30 heavy (non-hydrogen) atoms. The number of aromatic nitrogens is 2. The van der Waals surface area contributed by atoms with E-state index in [1.54, 1.807) is 49.5 Å². The molecule has 2 heterocycles. The molecule has 0 N–H and O–H groups in total. The van der Waals surface area contributed by atoms with Crippen LogP contribution in [-0.4, -0.2) is 48.3 Å². The Morgan fingerprint density at radius 3 is 2.47 bits per heavy atom. The van der Waals surface area contributed by atoms with E-state index < -0.39 is 0 Å². The molecule has 7 nitrogen and oxygen atoms in total. The van der Waals surface area contributed by atoms with Crippen LogP contribution in [0.1, 0.15) is 35.0 Å². The Labute approximate surface area is 173 Å². The molecule has 1 saturated heterocycles. The highest BCUT2D eigenvalue weighted by molar-refractivity contribution is 5.95. The second kappa shape index (κ2) is 8.52. The third-order valence-corrected chi connectivity index (χ3v) is 5.19. The molecular weight excluding hydrogens is 389 g/mol. The van der Waals surface area contributed by atoms with Gasteiger partial charge in [-0.05, 0) is 49.2 Å². The molecule has 0 bridgehead atoms. The van der Waals surface area contributed by atoms with Crippen molar-refractivity contribution in [1.82, 2.24) is 15.1 Å². The topological polar surface area (TPSA) is 77.7 Å². The molecule has 2 aromatic carbocycles. The minimum absolute atomic E-state index is 0.0584. The van der Waals surface area contributed by atoms with Gasteiger partial charge in [-0.2, -0.15) is 0 Å². The fraction of sp³-hybridized carbons (Fsp3) is 0.318. The molecule has 1 atom stereocenters. The number of methoxy groups -OCH3 is 2. The number of benzene rings is 2. The number of hydrogen-bond donors (Lipinski definition) is 0. The van der Waals surface area contributed by atoms with Gasteiger partial charge in [-0.1, -0.05) is 0 Å². The van der Waals surface area contributed by atoms with Crippen molar-refractivity contribution in [2.45, 2.75) is 18.8 Å². The van der Waals surface area contributed by atoms with E-state index in [-0.39, 0.29) is 17.6 Å². The van der Waals surface area contributed by atoms with Crippen LogP contribution in [0.25, 0.3) is 11.5 Å². The second-order valence-corrected chi connectivity index (χ2v) is 7.14. The molecule has 1 fully saturated rings. The van der Waals surface area contributed by atoms with Crippen molar-refractivity contribution in [2.24, 2.45) is 0 Å². The zero-order valence-electron chi connectivity index (χ0n) is 16.8. The Bertz CT molecular complexity index is 1010. The lowest BCUT2D eigenvalue weighted by atomic mass is 9.97. The summed E-state index contributed by atoms with van der Waals surface area (Å²) < 4.78 is 29.5. The number of carbonyl (C=O) groups is 1. The van der Waals surface area contributed by atoms with Crippen LogP contribution in [0.3, 0.4) is 0 Å². The van der Waals surface area contributed by atoms with Crippen molar-refractivity contribution < 1.29 is 23.1 Å². The molecule has 8 heteroatoms. The lowest BCUT2D eigenvalue weighted by Gasteiger charge is -2.31. The fourth-order valence-corrected chi connectivity index (χ4v) is 3.59. The molecule has 0 saturated carbocycles. The standard InChI is InChI=1S/C22H22FN3O4/c1-28-18-10-16(11-19(12-18)29-2)22(27)26-9-3-4-15(13-26)21-25-24-20(30-21)14-5-7-17(23)8-6-14/h5-8,10-12,15H,3-4,9,13H2,1-2H3. The number of nitrogens with zero attached hydrogens (tertiary/aromatic N) is 3. The average molecular weight is 411 g/mol. The van der Waals surface area contributed by atoms with Crippen molar-refractivity contribution >= 4 is 5.91 Å². The Balaban J connectivity index is 1.51. The number of hydrogen-bond acceptors (Lipinski definition) is 6. The number of likely N-dealkylation sites (tertiary alicyclic amines) is 1. The van der Waals surface area contributed by atoms with E-state index in [1.165, 1.54) is 12.1 Å². The minimum atomic E-state index is -0.325. The van der Waals surface area contributed by atoms with Gasteiger partial charge in [-0.25, -0.2) is 4.39 Å². The quantitative estimate of drug-likeness (QED) is 0.633. The van der Waals surface area contributed by atoms with E-state index in [0.717, 1.165) is 12.8 Å². The van der Waals surface area contributed by atoms with Crippen molar-refractivity contribution in [1.29, 1.82) is 0 Å². The van der Waals surface area contributed by atoms with Crippen molar-refractivity contribution in [3.8, 4) is 23.0 Å². The first-order valence-corrected chi connectivity index (χ1v) is 9.69. The summed E-state index contributed by atoms with van der Waals surface area (Å²) in [7, 11) is 3.10. The molecule has 4 rings (SSSR count). The zero-order valence-corrected chi connectivity index (χ0v) is 16.8. The Kier molecular flexibility index (Phi) is 5.65. The summed E-state index contributed by atoms with van der Waals surface area (Å²) in [4.78, 5) is 14.9.